The van der Waals surface area contributed by atoms with Crippen molar-refractivity contribution in [3.05, 3.63) is 24.3 Å². The van der Waals surface area contributed by atoms with Crippen LogP contribution in [-0.2, 0) is 4.84 Å². The minimum atomic E-state index is -1.76. The van der Waals surface area contributed by atoms with Crippen LogP contribution in [0.4, 0.5) is 14.9 Å². The van der Waals surface area contributed by atoms with Crippen molar-refractivity contribution in [2.45, 2.75) is 19.6 Å². The number of halogens is 1. The van der Waals surface area contributed by atoms with Crippen LogP contribution in [0.25, 0.3) is 0 Å². The van der Waals surface area contributed by atoms with Gasteiger partial charge in [0, 0.05) is 11.5 Å². The molecule has 9 heteroatoms. The third-order valence-electron chi connectivity index (χ3n) is 2.76. The van der Waals surface area contributed by atoms with Gasteiger partial charge in [-0.3, -0.25) is 4.84 Å². The smallest absolute Gasteiger partial charge is 0.448 e. The van der Waals surface area contributed by atoms with Gasteiger partial charge >= 0.3 is 6.16 Å². The lowest BCUT2D eigenvalue weighted by atomic mass is 10.4. The Morgan fingerprint density at radius 2 is 2.20 bits per heavy atom. The van der Waals surface area contributed by atoms with E-state index in [0.29, 0.717) is 0 Å². The minimum Gasteiger partial charge on any atom is -0.448 e. The van der Waals surface area contributed by atoms with E-state index in [0.717, 1.165) is 10.6 Å². The fourth-order valence-electron chi connectivity index (χ4n) is 1.67. The van der Waals surface area contributed by atoms with E-state index in [4.69, 9.17) is 5.11 Å². The highest BCUT2D eigenvalue weighted by Crippen LogP contribution is 2.25. The molecule has 0 spiro atoms. The lowest BCUT2D eigenvalue weighted by Crippen LogP contribution is -2.41. The Kier molecular flexibility index (Phi) is 3.62. The molecule has 0 fully saturated rings. The molecule has 0 bridgehead atoms. The number of hydrogen-bond acceptors (Lipinski definition) is 6. The average Bonchev–Trinajstić information content (AvgIpc) is 2.72. The monoisotopic (exact) mass is 298 g/mol. The average molecular weight is 298 g/mol. The number of hydrogen-bond donors (Lipinski definition) is 1. The Hall–Kier alpha value is -2.16. The standard InChI is InChI=1S/C11H15FN4O3Si/c1-20(2,3)9-7-15(16(14-9)19-11(17)18)8-5-4-6-13-10(8)12/h4-6H,7H2,1-3H3,(H,17,18). The Labute approximate surface area is 116 Å². The normalized spacial score (nSPS) is 15.3. The van der Waals surface area contributed by atoms with Gasteiger partial charge in [0.2, 0.25) is 5.95 Å². The molecular formula is C11H15FN4O3Si. The molecule has 2 rings (SSSR count). The summed E-state index contributed by atoms with van der Waals surface area (Å²) in [5.74, 6) is -0.710. The number of hydrazine groups is 1. The molecule has 1 aromatic heterocycles. The molecule has 0 aliphatic carbocycles. The second-order valence-electron chi connectivity index (χ2n) is 5.28. The molecule has 0 aromatic carbocycles. The molecule has 0 amide bonds. The van der Waals surface area contributed by atoms with Gasteiger partial charge in [-0.15, -0.1) is 5.10 Å². The predicted octanol–water partition coefficient (Wildman–Crippen LogP) is 2.10. The first-order valence-electron chi connectivity index (χ1n) is 5.96. The predicted molar refractivity (Wildman–Crippen MR) is 73.3 cm³/mol. The molecule has 1 aliphatic heterocycles. The number of hydrazone groups is 1. The van der Waals surface area contributed by atoms with Gasteiger partial charge in [0.25, 0.3) is 0 Å². The summed E-state index contributed by atoms with van der Waals surface area (Å²) in [6, 6.07) is 3.05. The number of anilines is 1. The van der Waals surface area contributed by atoms with Gasteiger partial charge in [0.05, 0.1) is 6.54 Å². The maximum Gasteiger partial charge on any atom is 0.533 e. The van der Waals surface area contributed by atoms with E-state index in [1.54, 1.807) is 6.07 Å². The molecule has 108 valence electrons. The van der Waals surface area contributed by atoms with Crippen LogP contribution in [0.15, 0.2) is 23.4 Å². The zero-order valence-electron chi connectivity index (χ0n) is 11.4. The number of carbonyl (C=O) groups is 1. The van der Waals surface area contributed by atoms with E-state index in [1.165, 1.54) is 17.3 Å². The van der Waals surface area contributed by atoms with Crippen LogP contribution >= 0.6 is 0 Å². The maximum absolute atomic E-state index is 13.8. The first-order valence-corrected chi connectivity index (χ1v) is 9.46. The van der Waals surface area contributed by atoms with Gasteiger partial charge in [0.1, 0.15) is 13.8 Å². The molecule has 0 radical (unpaired) electrons. The van der Waals surface area contributed by atoms with Crippen LogP contribution in [0.5, 0.6) is 0 Å². The van der Waals surface area contributed by atoms with E-state index < -0.39 is 20.2 Å². The Bertz CT molecular complexity index is 561. The maximum atomic E-state index is 13.8. The Morgan fingerprint density at radius 1 is 1.50 bits per heavy atom. The van der Waals surface area contributed by atoms with Gasteiger partial charge in [-0.2, -0.15) is 4.39 Å². The fraction of sp³-hybridized carbons (Fsp3) is 0.364. The van der Waals surface area contributed by atoms with Crippen molar-refractivity contribution in [1.82, 2.24) is 10.3 Å². The summed E-state index contributed by atoms with van der Waals surface area (Å²) in [6.07, 6.45) is -0.197. The zero-order chi connectivity index (χ0) is 14.9. The highest BCUT2D eigenvalue weighted by atomic mass is 28.3. The number of pyridine rings is 1. The molecule has 20 heavy (non-hydrogen) atoms. The zero-order valence-corrected chi connectivity index (χ0v) is 12.4. The molecule has 0 saturated heterocycles. The van der Waals surface area contributed by atoms with Crippen LogP contribution < -0.4 is 5.01 Å². The summed E-state index contributed by atoms with van der Waals surface area (Å²) in [4.78, 5) is 18.8. The van der Waals surface area contributed by atoms with E-state index in [1.807, 2.05) is 0 Å². The number of carboxylic acid groups (broad SMARTS) is 1. The molecule has 1 aliphatic rings. The van der Waals surface area contributed by atoms with Crippen LogP contribution in [0.3, 0.4) is 0 Å². The largest absolute Gasteiger partial charge is 0.533 e. The topological polar surface area (TPSA) is 78.3 Å². The number of rotatable bonds is 3. The number of aromatic nitrogens is 1. The first kappa shape index (κ1) is 14.3. The Balaban J connectivity index is 2.34. The van der Waals surface area contributed by atoms with Gasteiger partial charge in [-0.1, -0.05) is 19.6 Å². The molecule has 0 unspecified atom stereocenters. The highest BCUT2D eigenvalue weighted by molar-refractivity contribution is 7.04. The van der Waals surface area contributed by atoms with Crippen LogP contribution in [0, 0.1) is 5.95 Å². The van der Waals surface area contributed by atoms with E-state index in [9.17, 15) is 9.18 Å². The summed E-state index contributed by atoms with van der Waals surface area (Å²) >= 11 is 0. The summed E-state index contributed by atoms with van der Waals surface area (Å²) in [7, 11) is -1.76. The SMILES string of the molecule is C[Si](C)(C)C1=NN(OC(=O)O)N(c2cccnc2F)C1. The number of nitrogens with zero attached hydrogens (tertiary/aromatic N) is 4. The fourth-order valence-corrected chi connectivity index (χ4v) is 2.68. The van der Waals surface area contributed by atoms with Crippen LogP contribution in [-0.4, -0.2) is 41.5 Å². The summed E-state index contributed by atoms with van der Waals surface area (Å²) < 4.78 is 13.8. The Morgan fingerprint density at radius 3 is 2.75 bits per heavy atom. The van der Waals surface area contributed by atoms with Crippen molar-refractivity contribution in [3.8, 4) is 0 Å². The van der Waals surface area contributed by atoms with Gasteiger partial charge < -0.3 is 5.11 Å². The quantitative estimate of drug-likeness (QED) is 0.680. The molecule has 1 N–H and O–H groups in total. The van der Waals surface area contributed by atoms with Crippen LogP contribution in [0.2, 0.25) is 19.6 Å². The van der Waals surface area contributed by atoms with Crippen molar-refractivity contribution < 1.29 is 19.1 Å². The van der Waals surface area contributed by atoms with Gasteiger partial charge in [-0.25, -0.2) is 14.8 Å². The lowest BCUT2D eigenvalue weighted by Gasteiger charge is -2.25. The summed E-state index contributed by atoms with van der Waals surface area (Å²) in [6.45, 7) is 6.47. The van der Waals surface area contributed by atoms with Crippen molar-refractivity contribution in [1.29, 1.82) is 0 Å². The van der Waals surface area contributed by atoms with Crippen molar-refractivity contribution >= 4 is 25.3 Å². The second-order valence-corrected chi connectivity index (χ2v) is 10.4. The molecule has 1 aromatic rings. The molecule has 2 heterocycles. The molecular weight excluding hydrogens is 283 g/mol. The molecule has 0 atom stereocenters. The van der Waals surface area contributed by atoms with Crippen LogP contribution in [0.1, 0.15) is 0 Å². The second kappa shape index (κ2) is 5.08. The van der Waals surface area contributed by atoms with E-state index in [2.05, 4.69) is 34.6 Å². The van der Waals surface area contributed by atoms with Gasteiger partial charge in [0.15, 0.2) is 0 Å². The summed E-state index contributed by atoms with van der Waals surface area (Å²) in [5.41, 5.74) is 0.116. The van der Waals surface area contributed by atoms with Crippen molar-refractivity contribution in [3.63, 3.8) is 0 Å². The highest BCUT2D eigenvalue weighted by Gasteiger charge is 2.35. The molecule has 0 saturated carbocycles. The first-order chi connectivity index (χ1) is 9.29. The molecule has 7 nitrogen and oxygen atoms in total. The lowest BCUT2D eigenvalue weighted by molar-refractivity contribution is -0.120. The summed E-state index contributed by atoms with van der Waals surface area (Å²) in [5, 5.41) is 15.8. The van der Waals surface area contributed by atoms with E-state index in [-0.39, 0.29) is 12.2 Å². The third-order valence-corrected chi connectivity index (χ3v) is 4.74. The van der Waals surface area contributed by atoms with Crippen molar-refractivity contribution in [2.75, 3.05) is 11.6 Å². The third kappa shape index (κ3) is 2.87. The van der Waals surface area contributed by atoms with Gasteiger partial charge in [-0.05, 0) is 17.4 Å². The van der Waals surface area contributed by atoms with Crippen molar-refractivity contribution in [2.24, 2.45) is 5.10 Å². The minimum absolute atomic E-state index is 0.116. The van der Waals surface area contributed by atoms with E-state index >= 15 is 0 Å².